The van der Waals surface area contributed by atoms with E-state index in [-0.39, 0.29) is 5.82 Å². The first-order valence-electron chi connectivity index (χ1n) is 8.97. The minimum atomic E-state index is -0.178. The number of hydrogen-bond acceptors (Lipinski definition) is 0. The maximum atomic E-state index is 13.2. The Bertz CT molecular complexity index is 627. The summed E-state index contributed by atoms with van der Waals surface area (Å²) in [6.45, 7) is 10.8. The number of hydrogen-bond donors (Lipinski definition) is 0. The number of rotatable bonds is 8. The SMILES string of the molecule is C=C(C)C(CC(C)CC(CC)c1ccccc1)c1ccc(F)cc1. The molecule has 2 aromatic carbocycles. The van der Waals surface area contributed by atoms with Crippen molar-refractivity contribution in [1.82, 2.24) is 0 Å². The van der Waals surface area contributed by atoms with E-state index in [1.807, 2.05) is 12.1 Å². The molecule has 1 heteroatoms. The van der Waals surface area contributed by atoms with Gasteiger partial charge < -0.3 is 0 Å². The topological polar surface area (TPSA) is 0 Å². The highest BCUT2D eigenvalue weighted by Gasteiger charge is 2.19. The third-order valence-corrected chi connectivity index (χ3v) is 4.96. The molecule has 0 spiro atoms. The molecule has 0 N–H and O–H groups in total. The van der Waals surface area contributed by atoms with Crippen molar-refractivity contribution in [3.05, 3.63) is 83.7 Å². The molecule has 0 saturated heterocycles. The van der Waals surface area contributed by atoms with E-state index in [0.29, 0.717) is 17.8 Å². The van der Waals surface area contributed by atoms with E-state index in [2.05, 4.69) is 57.7 Å². The molecule has 0 aromatic heterocycles. The van der Waals surface area contributed by atoms with Gasteiger partial charge in [0.05, 0.1) is 0 Å². The Morgan fingerprint density at radius 3 is 2.12 bits per heavy atom. The van der Waals surface area contributed by atoms with Crippen LogP contribution in [0.5, 0.6) is 0 Å². The number of benzene rings is 2. The average molecular weight is 324 g/mol. The summed E-state index contributed by atoms with van der Waals surface area (Å²) in [6, 6.07) is 17.7. The van der Waals surface area contributed by atoms with E-state index in [4.69, 9.17) is 0 Å². The average Bonchev–Trinajstić information content (AvgIpc) is 2.59. The fourth-order valence-corrected chi connectivity index (χ4v) is 3.56. The Balaban J connectivity index is 2.06. The van der Waals surface area contributed by atoms with E-state index < -0.39 is 0 Å². The summed E-state index contributed by atoms with van der Waals surface area (Å²) in [6.07, 6.45) is 3.39. The molecule has 0 amide bonds. The quantitative estimate of drug-likeness (QED) is 0.454. The van der Waals surface area contributed by atoms with Crippen LogP contribution in [0.15, 0.2) is 66.7 Å². The van der Waals surface area contributed by atoms with Crippen molar-refractivity contribution in [3.8, 4) is 0 Å². The van der Waals surface area contributed by atoms with E-state index in [1.54, 1.807) is 12.1 Å². The van der Waals surface area contributed by atoms with Gasteiger partial charge in [0.25, 0.3) is 0 Å². The maximum Gasteiger partial charge on any atom is 0.123 e. The first-order chi connectivity index (χ1) is 11.5. The number of halogens is 1. The molecule has 0 heterocycles. The van der Waals surface area contributed by atoms with Crippen LogP contribution in [-0.4, -0.2) is 0 Å². The van der Waals surface area contributed by atoms with Crippen LogP contribution in [0.1, 0.15) is 63.0 Å². The Morgan fingerprint density at radius 2 is 1.58 bits per heavy atom. The molecule has 3 atom stereocenters. The lowest BCUT2D eigenvalue weighted by Gasteiger charge is -2.25. The molecular weight excluding hydrogens is 295 g/mol. The van der Waals surface area contributed by atoms with Gasteiger partial charge in [-0.1, -0.05) is 68.5 Å². The van der Waals surface area contributed by atoms with Gasteiger partial charge in [-0.15, -0.1) is 0 Å². The van der Waals surface area contributed by atoms with Gasteiger partial charge in [-0.2, -0.15) is 0 Å². The van der Waals surface area contributed by atoms with Crippen molar-refractivity contribution in [2.45, 2.75) is 51.9 Å². The molecule has 128 valence electrons. The lowest BCUT2D eigenvalue weighted by atomic mass is 9.80. The van der Waals surface area contributed by atoms with Crippen molar-refractivity contribution in [3.63, 3.8) is 0 Å². The lowest BCUT2D eigenvalue weighted by Crippen LogP contribution is -2.10. The third-order valence-electron chi connectivity index (χ3n) is 4.96. The molecule has 0 bridgehead atoms. The van der Waals surface area contributed by atoms with E-state index in [0.717, 1.165) is 18.4 Å². The monoisotopic (exact) mass is 324 g/mol. The Hall–Kier alpha value is -1.89. The fraction of sp³-hybridized carbons (Fsp3) is 0.391. The second-order valence-corrected chi connectivity index (χ2v) is 7.04. The first-order valence-corrected chi connectivity index (χ1v) is 8.97. The Labute approximate surface area is 146 Å². The molecular formula is C23H29F. The summed E-state index contributed by atoms with van der Waals surface area (Å²) in [7, 11) is 0. The molecule has 0 aliphatic heterocycles. The van der Waals surface area contributed by atoms with Crippen LogP contribution < -0.4 is 0 Å². The summed E-state index contributed by atoms with van der Waals surface area (Å²) < 4.78 is 13.2. The summed E-state index contributed by atoms with van der Waals surface area (Å²) in [5.41, 5.74) is 3.75. The maximum absolute atomic E-state index is 13.2. The second-order valence-electron chi connectivity index (χ2n) is 7.04. The van der Waals surface area contributed by atoms with Crippen LogP contribution in [0, 0.1) is 11.7 Å². The first kappa shape index (κ1) is 18.4. The molecule has 0 aliphatic carbocycles. The minimum absolute atomic E-state index is 0.178. The van der Waals surface area contributed by atoms with E-state index in [9.17, 15) is 4.39 Å². The zero-order valence-electron chi connectivity index (χ0n) is 15.1. The minimum Gasteiger partial charge on any atom is -0.207 e. The molecule has 2 rings (SSSR count). The smallest absolute Gasteiger partial charge is 0.123 e. The third kappa shape index (κ3) is 5.06. The molecule has 2 aromatic rings. The largest absolute Gasteiger partial charge is 0.207 e. The van der Waals surface area contributed by atoms with E-state index >= 15 is 0 Å². The fourth-order valence-electron chi connectivity index (χ4n) is 3.56. The predicted molar refractivity (Wildman–Crippen MR) is 102 cm³/mol. The molecule has 0 aliphatic rings. The van der Waals surface area contributed by atoms with Crippen molar-refractivity contribution in [2.75, 3.05) is 0 Å². The summed E-state index contributed by atoms with van der Waals surface area (Å²) >= 11 is 0. The van der Waals surface area contributed by atoms with Gasteiger partial charge in [-0.25, -0.2) is 4.39 Å². The van der Waals surface area contributed by atoms with Gasteiger partial charge in [0.1, 0.15) is 5.82 Å². The van der Waals surface area contributed by atoms with Crippen LogP contribution in [0.2, 0.25) is 0 Å². The lowest BCUT2D eigenvalue weighted by molar-refractivity contribution is 0.413. The van der Waals surface area contributed by atoms with Crippen LogP contribution in [0.3, 0.4) is 0 Å². The van der Waals surface area contributed by atoms with Crippen molar-refractivity contribution in [1.29, 1.82) is 0 Å². The van der Waals surface area contributed by atoms with Crippen LogP contribution >= 0.6 is 0 Å². The summed E-state index contributed by atoms with van der Waals surface area (Å²) in [5, 5.41) is 0. The highest BCUT2D eigenvalue weighted by Crippen LogP contribution is 2.35. The van der Waals surface area contributed by atoms with E-state index in [1.165, 1.54) is 17.5 Å². The summed E-state index contributed by atoms with van der Waals surface area (Å²) in [4.78, 5) is 0. The number of allylic oxidation sites excluding steroid dienone is 1. The van der Waals surface area contributed by atoms with Gasteiger partial charge >= 0.3 is 0 Å². The van der Waals surface area contributed by atoms with Crippen molar-refractivity contribution < 1.29 is 4.39 Å². The van der Waals surface area contributed by atoms with Crippen LogP contribution in [0.4, 0.5) is 4.39 Å². The van der Waals surface area contributed by atoms with Gasteiger partial charge in [0.2, 0.25) is 0 Å². The van der Waals surface area contributed by atoms with Crippen molar-refractivity contribution in [2.24, 2.45) is 5.92 Å². The molecule has 3 unspecified atom stereocenters. The Morgan fingerprint density at radius 1 is 0.958 bits per heavy atom. The molecule has 0 nitrogen and oxygen atoms in total. The van der Waals surface area contributed by atoms with Gasteiger partial charge in [0.15, 0.2) is 0 Å². The zero-order chi connectivity index (χ0) is 17.5. The highest BCUT2D eigenvalue weighted by molar-refractivity contribution is 5.27. The molecule has 0 saturated carbocycles. The Kier molecular flexibility index (Phi) is 6.78. The normalized spacial score (nSPS) is 14.8. The van der Waals surface area contributed by atoms with Crippen LogP contribution in [-0.2, 0) is 0 Å². The van der Waals surface area contributed by atoms with Crippen LogP contribution in [0.25, 0.3) is 0 Å². The highest BCUT2D eigenvalue weighted by atomic mass is 19.1. The standard InChI is InChI=1S/C23H29F/c1-5-19(20-9-7-6-8-10-20)15-18(4)16-23(17(2)3)21-11-13-22(24)14-12-21/h6-14,18-19,23H,2,5,15-16H2,1,3-4H3. The zero-order valence-corrected chi connectivity index (χ0v) is 15.1. The molecule has 0 fully saturated rings. The van der Waals surface area contributed by atoms with Gasteiger partial charge in [-0.05, 0) is 61.3 Å². The molecule has 0 radical (unpaired) electrons. The van der Waals surface area contributed by atoms with Gasteiger partial charge in [0, 0.05) is 5.92 Å². The second kappa shape index (κ2) is 8.82. The predicted octanol–water partition coefficient (Wildman–Crippen LogP) is 7.10. The summed E-state index contributed by atoms with van der Waals surface area (Å²) in [5.74, 6) is 1.30. The van der Waals surface area contributed by atoms with Gasteiger partial charge in [-0.3, -0.25) is 0 Å². The molecule has 24 heavy (non-hydrogen) atoms. The van der Waals surface area contributed by atoms with Crippen molar-refractivity contribution >= 4 is 0 Å².